The van der Waals surface area contributed by atoms with Crippen molar-refractivity contribution in [2.75, 3.05) is 13.1 Å². The Labute approximate surface area is 620 Å². The molecule has 0 aromatic carbocycles. The van der Waals surface area contributed by atoms with E-state index < -0.39 is 47.9 Å². The van der Waals surface area contributed by atoms with E-state index in [9.17, 15) is 59.4 Å². The van der Waals surface area contributed by atoms with Gasteiger partial charge in [-0.3, -0.25) is 19.2 Å². The number of nitrogens with one attached hydrogen (secondary N) is 4. The molecule has 6 aromatic heterocycles. The third-order valence-corrected chi connectivity index (χ3v) is 19.0. The molecule has 6 aromatic rings. The van der Waals surface area contributed by atoms with Crippen molar-refractivity contribution in [1.29, 1.82) is 0 Å². The molecular weight excluding hydrogens is 1380 g/mol. The first-order valence-electron chi connectivity index (χ1n) is 34.4. The molecule has 2 atom stereocenters. The molecule has 4 aliphatic heterocycles. The van der Waals surface area contributed by atoms with Gasteiger partial charge >= 0.3 is 40.9 Å². The summed E-state index contributed by atoms with van der Waals surface area (Å²) >= 11 is 0. The number of nitrogens with two attached hydrogens (primary N) is 4. The molecule has 16 bridgehead atoms. The Kier molecular flexibility index (Phi) is 29.9. The summed E-state index contributed by atoms with van der Waals surface area (Å²) in [4.78, 5) is 100. The zero-order chi connectivity index (χ0) is 76.5. The monoisotopic (exact) mass is 1470 g/mol. The fourth-order valence-corrected chi connectivity index (χ4v) is 12.8. The van der Waals surface area contributed by atoms with Crippen LogP contribution in [-0.4, -0.2) is 121 Å². The van der Waals surface area contributed by atoms with Gasteiger partial charge in [-0.2, -0.15) is 0 Å². The molecule has 0 amide bonds. The van der Waals surface area contributed by atoms with E-state index in [1.807, 2.05) is 116 Å². The van der Waals surface area contributed by atoms with Gasteiger partial charge in [-0.25, -0.2) is 19.9 Å². The molecule has 105 heavy (non-hydrogen) atoms. The van der Waals surface area contributed by atoms with Gasteiger partial charge < -0.3 is 83.1 Å². The van der Waals surface area contributed by atoms with Crippen molar-refractivity contribution in [3.05, 3.63) is 177 Å². The molecule has 0 fully saturated rings. The quantitative estimate of drug-likeness (QED) is 0.0177. The van der Waals surface area contributed by atoms with Crippen LogP contribution in [0.1, 0.15) is 195 Å². The van der Waals surface area contributed by atoms with Crippen LogP contribution in [0.25, 0.3) is 101 Å². The van der Waals surface area contributed by atoms with Crippen LogP contribution in [0.5, 0.6) is 0 Å². The van der Waals surface area contributed by atoms with E-state index in [2.05, 4.69) is 46.3 Å². The number of carboxylic acid groups (broad SMARTS) is 6. The van der Waals surface area contributed by atoms with E-state index in [0.29, 0.717) is 63.0 Å². The normalized spacial score (nSPS) is 12.9. The Hall–Kier alpha value is -10.7. The van der Waals surface area contributed by atoms with E-state index >= 15 is 0 Å². The minimum atomic E-state index is -1.18. The van der Waals surface area contributed by atoms with Crippen LogP contribution in [-0.2, 0) is 58.7 Å². The summed E-state index contributed by atoms with van der Waals surface area (Å²) in [5.41, 5.74) is 48.1. The van der Waals surface area contributed by atoms with Crippen LogP contribution in [0.4, 0.5) is 0 Å². The van der Waals surface area contributed by atoms with E-state index in [4.69, 9.17) is 42.9 Å². The number of carbonyl (C=O) groups excluding carboxylic acids is 2. The number of carbonyl (C=O) groups is 6. The molecule has 25 heteroatoms. The van der Waals surface area contributed by atoms with Gasteiger partial charge in [0.25, 0.3) is 0 Å². The van der Waals surface area contributed by atoms with E-state index in [0.717, 1.165) is 193 Å². The summed E-state index contributed by atoms with van der Waals surface area (Å²) < 4.78 is 0. The van der Waals surface area contributed by atoms with Crippen molar-refractivity contribution in [3.8, 4) is 0 Å². The Morgan fingerprint density at radius 3 is 0.981 bits per heavy atom. The third kappa shape index (κ3) is 20.4. The number of rotatable bonds is 26. The first kappa shape index (κ1) is 83.3. The second-order valence-corrected chi connectivity index (χ2v) is 25.9. The second kappa shape index (κ2) is 37.7. The first-order chi connectivity index (χ1) is 49.4. The molecule has 24 nitrogen and oxygen atoms in total. The summed E-state index contributed by atoms with van der Waals surface area (Å²) in [7, 11) is 0. The fourth-order valence-electron chi connectivity index (χ4n) is 12.8. The number of allylic oxidation sites excluding steroid dienone is 10. The van der Waals surface area contributed by atoms with Crippen LogP contribution in [0.15, 0.2) is 87.0 Å². The molecule has 10 rings (SSSR count). The maximum Gasteiger partial charge on any atom is 2.00 e. The summed E-state index contributed by atoms with van der Waals surface area (Å²) in [6.07, 6.45) is 12.5. The molecule has 0 aliphatic carbocycles. The van der Waals surface area contributed by atoms with Crippen molar-refractivity contribution in [1.82, 2.24) is 39.9 Å². The molecule has 16 N–H and O–H groups in total. The number of unbranched alkanes of at least 4 members (excludes halogenated alkanes) is 2. The predicted molar refractivity (Wildman–Crippen MR) is 409 cm³/mol. The summed E-state index contributed by atoms with van der Waals surface area (Å²) in [5, 5.41) is 57.9. The van der Waals surface area contributed by atoms with Gasteiger partial charge in [-0.1, -0.05) is 63.5 Å². The van der Waals surface area contributed by atoms with E-state index in [1.54, 1.807) is 12.2 Å². The second-order valence-electron chi connectivity index (χ2n) is 25.9. The zero-order valence-corrected chi connectivity index (χ0v) is 61.8. The molecule has 554 valence electrons. The molecule has 10 heterocycles. The maximum absolute atomic E-state index is 11.5. The van der Waals surface area contributed by atoms with Crippen molar-refractivity contribution in [3.63, 3.8) is 0 Å². The van der Waals surface area contributed by atoms with E-state index in [-0.39, 0.29) is 42.8 Å². The molecule has 0 unspecified atom stereocenters. The van der Waals surface area contributed by atoms with Gasteiger partial charge in [-0.15, -0.1) is 0 Å². The maximum atomic E-state index is 11.5. The number of aromatic amines is 4. The van der Waals surface area contributed by atoms with Crippen molar-refractivity contribution in [2.45, 2.75) is 157 Å². The Balaban J connectivity index is 0.000000259. The number of H-pyrrole nitrogens is 4. The zero-order valence-electron chi connectivity index (χ0n) is 60.7. The molecule has 0 saturated heterocycles. The standard InChI is InChI=1S/2C34H34N4O4.2C6H14N2O2.Fe/c2*1-7-21-17(3)25-13-26-19(5)23(9-11-33(39)40)31(37-26)16-32-24(10-12-34(41)42)20(6)28(38-32)15-30-22(8-2)18(4)27(36-30)14-29(21)35-25;2*7-4-2-1-3-5(8)6(9)10;/h2*7-8,13-16,35,38H,1-2,9-12H2,3-6H3,(H,39,40)(H,41,42);2*5H,1-4,7-8H2,(H,9,10);/q;;;;+2/p-2/t;;2*5-;/m..00./s1. The first-order valence-corrected chi connectivity index (χ1v) is 34.4. The Morgan fingerprint density at radius 2 is 0.676 bits per heavy atom. The number of hydrogen-bond donors (Lipinski definition) is 12. The van der Waals surface area contributed by atoms with Crippen LogP contribution in [0.2, 0.25) is 0 Å². The Morgan fingerprint density at radius 1 is 0.400 bits per heavy atom. The van der Waals surface area contributed by atoms with Gasteiger partial charge in [0.2, 0.25) is 0 Å². The van der Waals surface area contributed by atoms with E-state index in [1.165, 1.54) is 0 Å². The SMILES string of the molecule is C=CC1=C(C)c2cc3[nH]c(cc4nc(cc5[nH]c(cc1n2)c(C)c5CCC(=O)O)C(CCC(=O)O)=C4C)c(C)c3C=C.C=CC1=C(C)c2cc3[nH]c(cc4nc(cc5[nH]c(cc1n2)c(C)c5CCC(=O)O)C(CCC(=O)O)=C4C)c(C)c3C=C.NCCCC[C@H](N)C(=O)[O-].NCCCC[C@H](N)C(=O)[O-].[Fe+2]. The fraction of sp³-hybridized carbons (Fsp3) is 0.325. The average Bonchev–Trinajstić information content (AvgIpc) is 1.63. The minimum Gasteiger partial charge on any atom is -0.548 e. The van der Waals surface area contributed by atoms with Crippen LogP contribution in [0, 0.1) is 27.7 Å². The molecular formula is C80H94FeN12O12. The molecule has 0 saturated carbocycles. The van der Waals surface area contributed by atoms with Crippen LogP contribution < -0.4 is 33.1 Å². The number of aliphatic carboxylic acids is 6. The molecule has 4 aliphatic rings. The van der Waals surface area contributed by atoms with Gasteiger partial charge in [-0.05, 0) is 235 Å². The third-order valence-electron chi connectivity index (χ3n) is 19.0. The topological polar surface area (TPSA) is 448 Å². The van der Waals surface area contributed by atoms with Crippen molar-refractivity contribution in [2.24, 2.45) is 22.9 Å². The Bertz CT molecular complexity index is 4620. The predicted octanol–water partition coefficient (Wildman–Crippen LogP) is 11.4. The minimum absolute atomic E-state index is 0. The average molecular weight is 1470 g/mol. The summed E-state index contributed by atoms with van der Waals surface area (Å²) in [6, 6.07) is 14.1. The van der Waals surface area contributed by atoms with Gasteiger partial charge in [0.15, 0.2) is 0 Å². The smallest absolute Gasteiger partial charge is 0.548 e. The van der Waals surface area contributed by atoms with Gasteiger partial charge in [0.1, 0.15) is 0 Å². The van der Waals surface area contributed by atoms with Crippen LogP contribution >= 0.6 is 0 Å². The number of hydrogen-bond acceptors (Lipinski definition) is 16. The largest absolute Gasteiger partial charge is 2.00 e. The number of aromatic nitrogens is 8. The van der Waals surface area contributed by atoms with Crippen molar-refractivity contribution >= 4 is 137 Å². The number of carboxylic acids is 6. The van der Waals surface area contributed by atoms with Gasteiger partial charge in [0, 0.05) is 104 Å². The van der Waals surface area contributed by atoms with Gasteiger partial charge in [0.05, 0.1) is 57.5 Å². The summed E-state index contributed by atoms with van der Waals surface area (Å²) in [5.74, 6) is -5.90. The van der Waals surface area contributed by atoms with Crippen molar-refractivity contribution < 1.29 is 76.5 Å². The number of aryl methyl sites for hydroxylation is 6. The number of nitrogens with zero attached hydrogens (tertiary/aromatic N) is 4. The van der Waals surface area contributed by atoms with Crippen LogP contribution in [0.3, 0.4) is 0 Å². The number of fused-ring (bicyclic) bond motifs is 16. The molecule has 0 spiro atoms. The summed E-state index contributed by atoms with van der Waals surface area (Å²) in [6.45, 7) is 33.3. The molecule has 0 radical (unpaired) electrons.